The van der Waals surface area contributed by atoms with Crippen molar-refractivity contribution in [2.45, 2.75) is 39.8 Å². The van der Waals surface area contributed by atoms with E-state index >= 15 is 0 Å². The van der Waals surface area contributed by atoms with Crippen LogP contribution in [0.2, 0.25) is 0 Å². The number of urea groups is 1. The van der Waals surface area contributed by atoms with Crippen molar-refractivity contribution in [3.63, 3.8) is 0 Å². The molecule has 0 bridgehead atoms. The number of carbonyl (C=O) groups is 1. The number of aliphatic imine (C=N–C) groups is 1. The maximum Gasteiger partial charge on any atom is 0.344 e. The standard InChI is InChI=1S/C29H32N6O2/c1-29(2,3)26(30)17-27(32-18-20-10-5-4-6-11-20)33-28(37)35-24(22-13-7-8-14-25(22)36)16-23(34-35)21-12-9-15-31-19-21/h4-15,17,19,24,36H,16,18,30H2,1-3H3,(H,32,33,37). The molecule has 4 rings (SSSR count). The number of benzene rings is 2. The molecule has 0 saturated heterocycles. The van der Waals surface area contributed by atoms with Crippen molar-refractivity contribution < 1.29 is 9.90 Å². The molecule has 0 spiro atoms. The fraction of sp³-hybridized carbons (Fsp3) is 0.241. The molecule has 2 aromatic carbocycles. The zero-order valence-corrected chi connectivity index (χ0v) is 21.3. The minimum absolute atomic E-state index is 0.0998. The Balaban J connectivity index is 1.67. The quantitative estimate of drug-likeness (QED) is 0.335. The number of nitrogens with one attached hydrogen (secondary N) is 1. The number of hydrogen-bond donors (Lipinski definition) is 3. The zero-order valence-electron chi connectivity index (χ0n) is 21.3. The molecular weight excluding hydrogens is 464 g/mol. The number of amidine groups is 1. The van der Waals surface area contributed by atoms with E-state index in [1.807, 2.05) is 69.3 Å². The number of carbonyl (C=O) groups excluding carboxylic acids is 1. The van der Waals surface area contributed by atoms with Gasteiger partial charge in [0.1, 0.15) is 11.6 Å². The number of pyridine rings is 1. The Kier molecular flexibility index (Phi) is 7.67. The molecule has 1 aliphatic rings. The summed E-state index contributed by atoms with van der Waals surface area (Å²) in [5, 5.41) is 19.5. The average Bonchev–Trinajstić information content (AvgIpc) is 3.33. The number of phenols is 1. The lowest BCUT2D eigenvalue weighted by molar-refractivity contribution is 0.190. The van der Waals surface area contributed by atoms with Crippen LogP contribution in [0.15, 0.2) is 101 Å². The van der Waals surface area contributed by atoms with Crippen LogP contribution < -0.4 is 11.1 Å². The van der Waals surface area contributed by atoms with Gasteiger partial charge in [-0.25, -0.2) is 9.80 Å². The second kappa shape index (κ2) is 11.1. The fourth-order valence-electron chi connectivity index (χ4n) is 3.83. The largest absolute Gasteiger partial charge is 0.508 e. The van der Waals surface area contributed by atoms with Gasteiger partial charge in [0.2, 0.25) is 0 Å². The van der Waals surface area contributed by atoms with Gasteiger partial charge in [-0.1, -0.05) is 75.4 Å². The van der Waals surface area contributed by atoms with Crippen molar-refractivity contribution >= 4 is 17.6 Å². The molecule has 1 unspecified atom stereocenters. The first-order chi connectivity index (χ1) is 17.7. The molecule has 3 aromatic rings. The third-order valence-electron chi connectivity index (χ3n) is 6.08. The summed E-state index contributed by atoms with van der Waals surface area (Å²) < 4.78 is 0. The molecule has 2 amide bonds. The van der Waals surface area contributed by atoms with Crippen LogP contribution in [0.1, 0.15) is 49.9 Å². The van der Waals surface area contributed by atoms with Crippen molar-refractivity contribution in [2.24, 2.45) is 21.2 Å². The smallest absolute Gasteiger partial charge is 0.344 e. The van der Waals surface area contributed by atoms with Crippen molar-refractivity contribution in [3.05, 3.63) is 108 Å². The van der Waals surface area contributed by atoms with Crippen LogP contribution in [0.25, 0.3) is 0 Å². The maximum atomic E-state index is 13.6. The first kappa shape index (κ1) is 25.6. The Morgan fingerprint density at radius 1 is 1.14 bits per heavy atom. The van der Waals surface area contributed by atoms with Crippen LogP contribution >= 0.6 is 0 Å². The van der Waals surface area contributed by atoms with Crippen molar-refractivity contribution in [2.75, 3.05) is 0 Å². The van der Waals surface area contributed by atoms with Gasteiger partial charge in [-0.2, -0.15) is 5.10 Å². The Labute approximate surface area is 217 Å². The predicted molar refractivity (Wildman–Crippen MR) is 146 cm³/mol. The van der Waals surface area contributed by atoms with Crippen LogP contribution in [-0.2, 0) is 6.54 Å². The van der Waals surface area contributed by atoms with Crippen LogP contribution in [0, 0.1) is 5.41 Å². The third-order valence-corrected chi connectivity index (χ3v) is 6.08. The highest BCUT2D eigenvalue weighted by molar-refractivity contribution is 6.07. The highest BCUT2D eigenvalue weighted by Crippen LogP contribution is 2.36. The first-order valence-corrected chi connectivity index (χ1v) is 12.1. The first-order valence-electron chi connectivity index (χ1n) is 12.1. The number of hydrogen-bond acceptors (Lipinski definition) is 6. The topological polar surface area (TPSA) is 116 Å². The number of nitrogens with zero attached hydrogens (tertiary/aromatic N) is 4. The molecule has 1 atom stereocenters. The van der Waals surface area contributed by atoms with E-state index in [9.17, 15) is 9.90 Å². The molecule has 0 aliphatic carbocycles. The number of amides is 2. The van der Waals surface area contributed by atoms with Crippen molar-refractivity contribution in [1.29, 1.82) is 0 Å². The second-order valence-electron chi connectivity index (χ2n) is 9.88. The molecule has 0 fully saturated rings. The summed E-state index contributed by atoms with van der Waals surface area (Å²) in [7, 11) is 0. The van der Waals surface area contributed by atoms with Gasteiger partial charge >= 0.3 is 6.03 Å². The van der Waals surface area contributed by atoms with Crippen molar-refractivity contribution in [3.8, 4) is 5.75 Å². The number of aromatic nitrogens is 1. The van der Waals surface area contributed by atoms with Gasteiger partial charge in [-0.3, -0.25) is 15.3 Å². The van der Waals surface area contributed by atoms with E-state index in [4.69, 9.17) is 5.73 Å². The number of aromatic hydroxyl groups is 1. The molecule has 0 radical (unpaired) electrons. The molecule has 4 N–H and O–H groups in total. The molecule has 1 aromatic heterocycles. The number of hydrazone groups is 1. The second-order valence-corrected chi connectivity index (χ2v) is 9.88. The summed E-state index contributed by atoms with van der Waals surface area (Å²) in [5.41, 5.74) is 9.72. The van der Waals surface area contributed by atoms with Gasteiger partial charge in [0.05, 0.1) is 18.3 Å². The van der Waals surface area contributed by atoms with E-state index < -0.39 is 12.1 Å². The van der Waals surface area contributed by atoms with E-state index in [-0.39, 0.29) is 11.2 Å². The van der Waals surface area contributed by atoms with E-state index in [2.05, 4.69) is 20.4 Å². The average molecular weight is 497 g/mol. The number of nitrogens with two attached hydrogens (primary N) is 1. The zero-order chi connectivity index (χ0) is 26.4. The van der Waals surface area contributed by atoms with Gasteiger partial charge < -0.3 is 10.8 Å². The Bertz CT molecular complexity index is 1330. The molecule has 8 nitrogen and oxygen atoms in total. The van der Waals surface area contributed by atoms with Crippen LogP contribution in [0.4, 0.5) is 4.79 Å². The van der Waals surface area contributed by atoms with E-state index in [0.29, 0.717) is 35.8 Å². The van der Waals surface area contributed by atoms with Crippen LogP contribution in [-0.4, -0.2) is 32.7 Å². The molecule has 190 valence electrons. The minimum atomic E-state index is -0.504. The summed E-state index contributed by atoms with van der Waals surface area (Å²) in [4.78, 5) is 22.5. The Morgan fingerprint density at radius 3 is 2.54 bits per heavy atom. The third kappa shape index (κ3) is 6.41. The van der Waals surface area contributed by atoms with Gasteiger partial charge in [0.15, 0.2) is 0 Å². The summed E-state index contributed by atoms with van der Waals surface area (Å²) in [5.74, 6) is 0.435. The van der Waals surface area contributed by atoms with Crippen LogP contribution in [0.3, 0.4) is 0 Å². The lowest BCUT2D eigenvalue weighted by Gasteiger charge is -2.24. The normalized spacial score (nSPS) is 16.5. The Morgan fingerprint density at radius 2 is 1.86 bits per heavy atom. The SMILES string of the molecule is CC(C)(C)C(N)=CC(=NCc1ccccc1)NC(=O)N1N=C(c2cccnc2)CC1c1ccccc1O. The van der Waals surface area contributed by atoms with E-state index in [1.165, 1.54) is 5.01 Å². The molecule has 2 heterocycles. The van der Waals surface area contributed by atoms with Gasteiger partial charge in [0, 0.05) is 41.1 Å². The van der Waals surface area contributed by atoms with Gasteiger partial charge in [-0.15, -0.1) is 0 Å². The lowest BCUT2D eigenvalue weighted by atomic mass is 9.92. The summed E-state index contributed by atoms with van der Waals surface area (Å²) in [6, 6.07) is 19.5. The molecule has 1 aliphatic heterocycles. The van der Waals surface area contributed by atoms with Crippen molar-refractivity contribution in [1.82, 2.24) is 15.3 Å². The molecule has 8 heteroatoms. The number of allylic oxidation sites excluding steroid dienone is 1. The molecule has 37 heavy (non-hydrogen) atoms. The summed E-state index contributed by atoms with van der Waals surface area (Å²) in [6.07, 6.45) is 5.51. The lowest BCUT2D eigenvalue weighted by Crippen LogP contribution is -2.40. The molecule has 0 saturated carbocycles. The number of para-hydroxylation sites is 1. The monoisotopic (exact) mass is 496 g/mol. The number of phenolic OH excluding ortho intramolecular Hbond substituents is 1. The molecular formula is C29H32N6O2. The summed E-state index contributed by atoms with van der Waals surface area (Å²) in [6.45, 7) is 6.36. The highest BCUT2D eigenvalue weighted by Gasteiger charge is 2.35. The van der Waals surface area contributed by atoms with Gasteiger partial charge in [0.25, 0.3) is 0 Å². The highest BCUT2D eigenvalue weighted by atomic mass is 16.3. The Hall–Kier alpha value is -4.46. The maximum absolute atomic E-state index is 13.6. The fourth-order valence-corrected chi connectivity index (χ4v) is 3.83. The predicted octanol–water partition coefficient (Wildman–Crippen LogP) is 5.14. The van der Waals surface area contributed by atoms with E-state index in [1.54, 1.807) is 36.7 Å². The minimum Gasteiger partial charge on any atom is -0.508 e. The summed E-state index contributed by atoms with van der Waals surface area (Å²) >= 11 is 0. The van der Waals surface area contributed by atoms with Crippen LogP contribution in [0.5, 0.6) is 5.75 Å². The van der Waals surface area contributed by atoms with Gasteiger partial charge in [-0.05, 0) is 23.8 Å². The number of rotatable bonds is 5. The van der Waals surface area contributed by atoms with E-state index in [0.717, 1.165) is 11.1 Å².